The van der Waals surface area contributed by atoms with E-state index in [9.17, 15) is 18.0 Å². The molecule has 6 rings (SSSR count). The number of imidazole rings is 1. The van der Waals surface area contributed by atoms with Crippen molar-refractivity contribution in [3.05, 3.63) is 52.2 Å². The van der Waals surface area contributed by atoms with Crippen LogP contribution in [0.2, 0.25) is 0 Å². The summed E-state index contributed by atoms with van der Waals surface area (Å²) in [5.41, 5.74) is -0.889. The van der Waals surface area contributed by atoms with Crippen LogP contribution in [-0.4, -0.2) is 54.9 Å². The van der Waals surface area contributed by atoms with Gasteiger partial charge in [-0.15, -0.1) is 10.2 Å². The fraction of sp³-hybridized carbons (Fsp3) is 0.700. The van der Waals surface area contributed by atoms with Gasteiger partial charge in [-0.3, -0.25) is 13.9 Å². The molecule has 4 heterocycles. The molecule has 1 saturated heterocycles. The molecule has 2 unspecified atom stereocenters. The van der Waals surface area contributed by atoms with Gasteiger partial charge < -0.3 is 9.30 Å². The van der Waals surface area contributed by atoms with Crippen LogP contribution in [0, 0.1) is 11.8 Å². The number of nitrogens with zero attached hydrogens (tertiary/aromatic N) is 6. The average molecular weight is 575 g/mol. The Bertz CT molecular complexity index is 1450. The summed E-state index contributed by atoms with van der Waals surface area (Å²) in [6, 6.07) is 0.864. The van der Waals surface area contributed by atoms with Crippen molar-refractivity contribution in [3.63, 3.8) is 0 Å². The van der Waals surface area contributed by atoms with Crippen LogP contribution in [-0.2, 0) is 23.4 Å². The molecule has 224 valence electrons. The van der Waals surface area contributed by atoms with Crippen LogP contribution in [0.3, 0.4) is 0 Å². The molecule has 0 spiro atoms. The van der Waals surface area contributed by atoms with Crippen LogP contribution in [0.4, 0.5) is 13.2 Å². The molecule has 1 aliphatic heterocycles. The van der Waals surface area contributed by atoms with Crippen molar-refractivity contribution in [1.82, 2.24) is 28.6 Å². The fourth-order valence-electron chi connectivity index (χ4n) is 8.00. The molecule has 8 nitrogen and oxygen atoms in total. The van der Waals surface area contributed by atoms with Crippen LogP contribution in [0.5, 0.6) is 0 Å². The van der Waals surface area contributed by atoms with Crippen molar-refractivity contribution >= 4 is 5.52 Å². The van der Waals surface area contributed by atoms with E-state index in [1.807, 2.05) is 18.5 Å². The minimum atomic E-state index is -4.57. The molecule has 4 atom stereocenters. The van der Waals surface area contributed by atoms with E-state index < -0.39 is 17.4 Å². The average Bonchev–Trinajstić information content (AvgIpc) is 3.50. The Kier molecular flexibility index (Phi) is 7.33. The van der Waals surface area contributed by atoms with E-state index in [1.54, 1.807) is 24.2 Å². The highest BCUT2D eigenvalue weighted by molar-refractivity contribution is 5.56. The lowest BCUT2D eigenvalue weighted by Gasteiger charge is -2.52. The predicted molar refractivity (Wildman–Crippen MR) is 149 cm³/mol. The first-order chi connectivity index (χ1) is 19.5. The maximum atomic E-state index is 14.4. The second-order valence-electron chi connectivity index (χ2n) is 12.9. The quantitative estimate of drug-likeness (QED) is 0.388. The summed E-state index contributed by atoms with van der Waals surface area (Å²) in [6.45, 7) is 5.82. The molecule has 2 saturated carbocycles. The normalized spacial score (nSPS) is 30.4. The summed E-state index contributed by atoms with van der Waals surface area (Å²) in [7, 11) is 3.67. The third-order valence-electron chi connectivity index (χ3n) is 10.3. The van der Waals surface area contributed by atoms with Crippen molar-refractivity contribution in [2.24, 2.45) is 18.9 Å². The Hall–Kier alpha value is -2.66. The molecule has 2 aliphatic carbocycles. The first-order valence-corrected chi connectivity index (χ1v) is 15.0. The van der Waals surface area contributed by atoms with Gasteiger partial charge in [-0.2, -0.15) is 13.2 Å². The first kappa shape index (κ1) is 28.5. The first-order valence-electron chi connectivity index (χ1n) is 15.0. The zero-order chi connectivity index (χ0) is 29.1. The van der Waals surface area contributed by atoms with E-state index in [4.69, 9.17) is 4.74 Å². The van der Waals surface area contributed by atoms with Gasteiger partial charge in [-0.05, 0) is 81.9 Å². The minimum absolute atomic E-state index is 0.0707. The Morgan fingerprint density at radius 1 is 1.15 bits per heavy atom. The smallest absolute Gasteiger partial charge is 0.381 e. The SMILES string of the molecule is COC1CC(c2nncn2C)(C2CCCC(n3cc4c(C(F)(F)F)cc([C@H](C)N5CCC[C@H](C)C5)cn4c3=O)C2)C1. The maximum absolute atomic E-state index is 14.4. The molecule has 3 aromatic heterocycles. The van der Waals surface area contributed by atoms with Gasteiger partial charge in [-0.1, -0.05) is 13.3 Å². The van der Waals surface area contributed by atoms with Crippen LogP contribution in [0.25, 0.3) is 5.52 Å². The summed E-state index contributed by atoms with van der Waals surface area (Å²) >= 11 is 0. The van der Waals surface area contributed by atoms with Gasteiger partial charge in [0.2, 0.25) is 0 Å². The number of aromatic nitrogens is 5. The summed E-state index contributed by atoms with van der Waals surface area (Å²) < 4.78 is 53.7. The Morgan fingerprint density at radius 2 is 1.93 bits per heavy atom. The van der Waals surface area contributed by atoms with Gasteiger partial charge >= 0.3 is 11.9 Å². The zero-order valence-corrected chi connectivity index (χ0v) is 24.4. The summed E-state index contributed by atoms with van der Waals surface area (Å²) in [5.74, 6) is 1.65. The highest BCUT2D eigenvalue weighted by atomic mass is 19.4. The third-order valence-corrected chi connectivity index (χ3v) is 10.3. The molecule has 3 aromatic rings. The van der Waals surface area contributed by atoms with Crippen molar-refractivity contribution in [1.29, 1.82) is 0 Å². The Morgan fingerprint density at radius 3 is 2.59 bits per heavy atom. The molecule has 3 aliphatic rings. The number of ether oxygens (including phenoxy) is 1. The molecule has 41 heavy (non-hydrogen) atoms. The lowest BCUT2D eigenvalue weighted by Crippen LogP contribution is -2.53. The molecule has 0 aromatic carbocycles. The highest BCUT2D eigenvalue weighted by Crippen LogP contribution is 2.55. The number of alkyl halides is 3. The number of hydrogen-bond acceptors (Lipinski definition) is 5. The summed E-state index contributed by atoms with van der Waals surface area (Å²) in [6.07, 6.45) is 7.52. The number of hydrogen-bond donors (Lipinski definition) is 0. The van der Waals surface area contributed by atoms with Crippen LogP contribution in [0.1, 0.15) is 94.2 Å². The molecular weight excluding hydrogens is 533 g/mol. The number of aryl methyl sites for hydroxylation is 1. The number of likely N-dealkylation sites (tertiary alicyclic amines) is 1. The van der Waals surface area contributed by atoms with E-state index in [2.05, 4.69) is 22.0 Å². The lowest BCUT2D eigenvalue weighted by molar-refractivity contribution is -0.136. The molecule has 3 fully saturated rings. The van der Waals surface area contributed by atoms with Gasteiger partial charge in [0.05, 0.1) is 17.2 Å². The fourth-order valence-corrected chi connectivity index (χ4v) is 8.00. The van der Waals surface area contributed by atoms with Crippen molar-refractivity contribution < 1.29 is 17.9 Å². The second kappa shape index (κ2) is 10.6. The van der Waals surface area contributed by atoms with E-state index in [1.165, 1.54) is 16.7 Å². The third kappa shape index (κ3) is 4.92. The number of rotatable bonds is 6. The van der Waals surface area contributed by atoms with Crippen molar-refractivity contribution in [2.45, 2.75) is 95.0 Å². The number of methoxy groups -OCH3 is 1. The predicted octanol–water partition coefficient (Wildman–Crippen LogP) is 5.52. The van der Waals surface area contributed by atoms with Crippen LogP contribution in [0.15, 0.2) is 29.6 Å². The van der Waals surface area contributed by atoms with Crippen LogP contribution < -0.4 is 5.69 Å². The second-order valence-corrected chi connectivity index (χ2v) is 12.9. The molecular formula is C30H41F3N6O2. The highest BCUT2D eigenvalue weighted by Gasteiger charge is 2.54. The molecule has 0 amide bonds. The maximum Gasteiger partial charge on any atom is 0.418 e. The molecule has 0 N–H and O–H groups in total. The zero-order valence-electron chi connectivity index (χ0n) is 24.4. The van der Waals surface area contributed by atoms with Gasteiger partial charge in [0.1, 0.15) is 12.2 Å². The monoisotopic (exact) mass is 574 g/mol. The Labute approximate surface area is 238 Å². The van der Waals surface area contributed by atoms with Crippen LogP contribution >= 0.6 is 0 Å². The topological polar surface area (TPSA) is 69.6 Å². The summed E-state index contributed by atoms with van der Waals surface area (Å²) in [5, 5.41) is 8.60. The van der Waals surface area contributed by atoms with Crippen molar-refractivity contribution in [3.8, 4) is 0 Å². The largest absolute Gasteiger partial charge is 0.418 e. The lowest BCUT2D eigenvalue weighted by atomic mass is 9.55. The van der Waals surface area contributed by atoms with Gasteiger partial charge in [0, 0.05) is 50.6 Å². The van der Waals surface area contributed by atoms with E-state index in [-0.39, 0.29) is 35.0 Å². The standard InChI is InChI=1S/C30H41F3N6O2/c1-19-7-6-10-37(15-19)20(2)21-11-25(30(31,32)33)26-17-38(28(40)39(26)16-21)23-9-5-8-22(12-23)29(13-24(14-29)41-4)27-35-34-18-36(27)3/h11,16-20,22-24H,5-10,12-15H2,1-4H3/t19-,20-,22?,23?,24?,29?/m0/s1. The Balaban J connectivity index is 1.36. The van der Waals surface area contributed by atoms with Gasteiger partial charge in [0.15, 0.2) is 0 Å². The van der Waals surface area contributed by atoms with E-state index in [0.717, 1.165) is 63.9 Å². The number of piperidine rings is 1. The molecule has 11 heteroatoms. The van der Waals surface area contributed by atoms with E-state index >= 15 is 0 Å². The van der Waals surface area contributed by atoms with Crippen molar-refractivity contribution in [2.75, 3.05) is 20.2 Å². The van der Waals surface area contributed by atoms with Gasteiger partial charge in [0.25, 0.3) is 0 Å². The number of pyridine rings is 1. The summed E-state index contributed by atoms with van der Waals surface area (Å²) in [4.78, 5) is 16.1. The molecule has 0 radical (unpaired) electrons. The number of halogens is 3. The molecule has 0 bridgehead atoms. The number of fused-ring (bicyclic) bond motifs is 1. The minimum Gasteiger partial charge on any atom is -0.381 e. The van der Waals surface area contributed by atoms with E-state index in [0.29, 0.717) is 17.9 Å². The van der Waals surface area contributed by atoms with Gasteiger partial charge in [-0.25, -0.2) is 4.79 Å².